The molecule has 3 N–H and O–H groups in total. The van der Waals surface area contributed by atoms with Gasteiger partial charge in [-0.15, -0.1) is 24.0 Å². The normalized spacial score (nSPS) is 21.0. The standard InChI is InChI=1S/C22H36N4O2.HI/c1-4-23-22(24-13-17-10-11-26(15-17)19-8-9-19)25-14-21(27)18-6-5-7-20(12-18)28-16(2)3;/h5-7,12,16-17,19,21,27H,4,8-11,13-15H2,1-3H3,(H2,23,24,25);1H. The SMILES string of the molecule is CCNC(=NCC(O)c1cccc(OC(C)C)c1)NCC1CCN(C2CC2)C1.I. The molecular formula is C22H37IN4O2. The van der Waals surface area contributed by atoms with Crippen molar-refractivity contribution in [3.63, 3.8) is 0 Å². The number of rotatable bonds is 9. The number of hydrogen-bond donors (Lipinski definition) is 3. The highest BCUT2D eigenvalue weighted by Gasteiger charge is 2.34. The second-order valence-corrected chi connectivity index (χ2v) is 8.24. The number of nitrogens with one attached hydrogen (secondary N) is 2. The summed E-state index contributed by atoms with van der Waals surface area (Å²) in [6.07, 6.45) is 3.48. The summed E-state index contributed by atoms with van der Waals surface area (Å²) < 4.78 is 5.72. The summed E-state index contributed by atoms with van der Waals surface area (Å²) >= 11 is 0. The van der Waals surface area contributed by atoms with Crippen LogP contribution in [0, 0.1) is 5.92 Å². The average Bonchev–Trinajstić information content (AvgIpc) is 3.42. The predicted molar refractivity (Wildman–Crippen MR) is 129 cm³/mol. The number of aliphatic imine (C=N–C) groups is 1. The molecule has 6 nitrogen and oxygen atoms in total. The van der Waals surface area contributed by atoms with Crippen LogP contribution >= 0.6 is 24.0 Å². The molecule has 2 atom stereocenters. The third kappa shape index (κ3) is 7.94. The molecule has 7 heteroatoms. The molecule has 29 heavy (non-hydrogen) atoms. The Morgan fingerprint density at radius 2 is 2.07 bits per heavy atom. The summed E-state index contributed by atoms with van der Waals surface area (Å²) in [5, 5.41) is 17.3. The average molecular weight is 516 g/mol. The summed E-state index contributed by atoms with van der Waals surface area (Å²) in [4.78, 5) is 7.23. The van der Waals surface area contributed by atoms with Gasteiger partial charge in [-0.1, -0.05) is 12.1 Å². The van der Waals surface area contributed by atoms with Gasteiger partial charge in [0.25, 0.3) is 0 Å². The van der Waals surface area contributed by atoms with E-state index in [0.29, 0.717) is 12.5 Å². The van der Waals surface area contributed by atoms with Crippen molar-refractivity contribution in [2.75, 3.05) is 32.7 Å². The molecule has 1 aliphatic carbocycles. The van der Waals surface area contributed by atoms with Crippen molar-refractivity contribution in [3.05, 3.63) is 29.8 Å². The fourth-order valence-electron chi connectivity index (χ4n) is 3.73. The van der Waals surface area contributed by atoms with Crippen LogP contribution in [-0.4, -0.2) is 60.8 Å². The maximum absolute atomic E-state index is 10.6. The van der Waals surface area contributed by atoms with E-state index >= 15 is 0 Å². The molecule has 1 aliphatic heterocycles. The second kappa shape index (κ2) is 12.0. The second-order valence-electron chi connectivity index (χ2n) is 8.24. The monoisotopic (exact) mass is 516 g/mol. The Morgan fingerprint density at radius 1 is 1.28 bits per heavy atom. The van der Waals surface area contributed by atoms with Crippen LogP contribution in [0.4, 0.5) is 0 Å². The van der Waals surface area contributed by atoms with Crippen LogP contribution in [0.15, 0.2) is 29.3 Å². The van der Waals surface area contributed by atoms with Gasteiger partial charge < -0.3 is 25.4 Å². The highest BCUT2D eigenvalue weighted by atomic mass is 127. The molecule has 2 unspecified atom stereocenters. The lowest BCUT2D eigenvalue weighted by atomic mass is 10.1. The summed E-state index contributed by atoms with van der Waals surface area (Å²) in [6, 6.07) is 8.49. The number of likely N-dealkylation sites (tertiary alicyclic amines) is 1. The molecule has 0 bridgehead atoms. The van der Waals surface area contributed by atoms with Crippen LogP contribution in [0.25, 0.3) is 0 Å². The Labute approximate surface area is 192 Å². The van der Waals surface area contributed by atoms with Crippen molar-refractivity contribution in [2.45, 2.75) is 58.3 Å². The molecule has 164 valence electrons. The van der Waals surface area contributed by atoms with Gasteiger partial charge in [-0.25, -0.2) is 0 Å². The first-order valence-corrected chi connectivity index (χ1v) is 10.8. The van der Waals surface area contributed by atoms with E-state index in [9.17, 15) is 5.11 Å². The minimum atomic E-state index is -0.650. The quantitative estimate of drug-likeness (QED) is 0.267. The van der Waals surface area contributed by atoms with Crippen LogP contribution < -0.4 is 15.4 Å². The van der Waals surface area contributed by atoms with E-state index in [2.05, 4.69) is 27.4 Å². The summed E-state index contributed by atoms with van der Waals surface area (Å²) in [7, 11) is 0. The van der Waals surface area contributed by atoms with Crippen LogP contribution in [-0.2, 0) is 0 Å². The minimum Gasteiger partial charge on any atom is -0.491 e. The van der Waals surface area contributed by atoms with Gasteiger partial charge in [0.15, 0.2) is 5.96 Å². The molecule has 1 saturated carbocycles. The van der Waals surface area contributed by atoms with Crippen LogP contribution in [0.2, 0.25) is 0 Å². The van der Waals surface area contributed by atoms with E-state index in [1.165, 1.54) is 32.4 Å². The molecule has 0 aromatic heterocycles. The molecule has 1 aromatic rings. The van der Waals surface area contributed by atoms with Gasteiger partial charge in [-0.2, -0.15) is 0 Å². The maximum Gasteiger partial charge on any atom is 0.191 e. The van der Waals surface area contributed by atoms with E-state index in [1.807, 2.05) is 38.1 Å². The first-order valence-electron chi connectivity index (χ1n) is 10.8. The summed E-state index contributed by atoms with van der Waals surface area (Å²) in [5.41, 5.74) is 0.827. The molecule has 0 amide bonds. The minimum absolute atomic E-state index is 0. The number of nitrogens with zero attached hydrogens (tertiary/aromatic N) is 2. The summed E-state index contributed by atoms with van der Waals surface area (Å²) in [6.45, 7) is 10.5. The highest BCUT2D eigenvalue weighted by molar-refractivity contribution is 14.0. The van der Waals surface area contributed by atoms with E-state index in [4.69, 9.17) is 4.74 Å². The maximum atomic E-state index is 10.6. The Kier molecular flexibility index (Phi) is 9.98. The third-order valence-electron chi connectivity index (χ3n) is 5.32. The number of ether oxygens (including phenoxy) is 1. The summed E-state index contributed by atoms with van der Waals surface area (Å²) in [5.74, 6) is 2.24. The van der Waals surface area contributed by atoms with Gasteiger partial charge >= 0.3 is 0 Å². The molecular weight excluding hydrogens is 479 g/mol. The zero-order valence-electron chi connectivity index (χ0n) is 17.9. The smallest absolute Gasteiger partial charge is 0.191 e. The number of halogens is 1. The lowest BCUT2D eigenvalue weighted by molar-refractivity contribution is 0.185. The van der Waals surface area contributed by atoms with Gasteiger partial charge in [0.2, 0.25) is 0 Å². The molecule has 1 aromatic carbocycles. The van der Waals surface area contributed by atoms with Crippen LogP contribution in [0.5, 0.6) is 5.75 Å². The van der Waals surface area contributed by atoms with Crippen LogP contribution in [0.3, 0.4) is 0 Å². The molecule has 3 rings (SSSR count). The Hall–Kier alpha value is -1.06. The lowest BCUT2D eigenvalue weighted by Crippen LogP contribution is -2.40. The topological polar surface area (TPSA) is 69.1 Å². The molecule has 2 fully saturated rings. The van der Waals surface area contributed by atoms with Gasteiger partial charge in [-0.05, 0) is 70.2 Å². The van der Waals surface area contributed by atoms with Crippen molar-refractivity contribution in [3.8, 4) is 5.75 Å². The van der Waals surface area contributed by atoms with E-state index in [1.54, 1.807) is 0 Å². The van der Waals surface area contributed by atoms with Crippen molar-refractivity contribution < 1.29 is 9.84 Å². The van der Waals surface area contributed by atoms with Crippen molar-refractivity contribution in [2.24, 2.45) is 10.9 Å². The number of aliphatic hydroxyl groups is 1. The zero-order chi connectivity index (χ0) is 19.9. The van der Waals surface area contributed by atoms with Gasteiger partial charge in [0, 0.05) is 25.7 Å². The molecule has 2 aliphatic rings. The molecule has 0 radical (unpaired) electrons. The number of hydrogen-bond acceptors (Lipinski definition) is 4. The van der Waals surface area contributed by atoms with Gasteiger partial charge in [0.05, 0.1) is 18.8 Å². The number of guanidine groups is 1. The zero-order valence-corrected chi connectivity index (χ0v) is 20.3. The van der Waals surface area contributed by atoms with E-state index in [-0.39, 0.29) is 30.1 Å². The first kappa shape index (κ1) is 24.2. The van der Waals surface area contributed by atoms with Gasteiger partial charge in [-0.3, -0.25) is 4.99 Å². The first-order chi connectivity index (χ1) is 13.5. The number of benzene rings is 1. The fraction of sp³-hybridized carbons (Fsp3) is 0.682. The highest BCUT2D eigenvalue weighted by Crippen LogP contribution is 2.31. The third-order valence-corrected chi connectivity index (χ3v) is 5.32. The van der Waals surface area contributed by atoms with Crippen LogP contribution in [0.1, 0.15) is 51.7 Å². The Balaban J connectivity index is 0.00000300. The molecule has 0 spiro atoms. The molecule has 1 heterocycles. The largest absolute Gasteiger partial charge is 0.491 e. The van der Waals surface area contributed by atoms with Gasteiger partial charge in [0.1, 0.15) is 5.75 Å². The van der Waals surface area contributed by atoms with E-state index < -0.39 is 6.10 Å². The predicted octanol–water partition coefficient (Wildman–Crippen LogP) is 3.16. The van der Waals surface area contributed by atoms with Crippen molar-refractivity contribution >= 4 is 29.9 Å². The van der Waals surface area contributed by atoms with E-state index in [0.717, 1.165) is 36.4 Å². The Bertz CT molecular complexity index is 651. The number of aliphatic hydroxyl groups excluding tert-OH is 1. The Morgan fingerprint density at radius 3 is 2.76 bits per heavy atom. The molecule has 1 saturated heterocycles. The fourth-order valence-corrected chi connectivity index (χ4v) is 3.73. The van der Waals surface area contributed by atoms with Crippen molar-refractivity contribution in [1.29, 1.82) is 0 Å². The van der Waals surface area contributed by atoms with Crippen molar-refractivity contribution in [1.82, 2.24) is 15.5 Å². The lowest BCUT2D eigenvalue weighted by Gasteiger charge is -2.17.